The van der Waals surface area contributed by atoms with Gasteiger partial charge in [0.25, 0.3) is 0 Å². The summed E-state index contributed by atoms with van der Waals surface area (Å²) in [7, 11) is 0. The molecule has 1 fully saturated rings. The lowest BCUT2D eigenvalue weighted by Gasteiger charge is -2.44. The molecule has 0 aliphatic carbocycles. The highest BCUT2D eigenvalue weighted by atomic mass is 79.9. The Morgan fingerprint density at radius 2 is 2.17 bits per heavy atom. The lowest BCUT2D eigenvalue weighted by molar-refractivity contribution is 0.0967. The van der Waals surface area contributed by atoms with E-state index in [0.29, 0.717) is 5.92 Å². The van der Waals surface area contributed by atoms with Gasteiger partial charge in [0.2, 0.25) is 0 Å². The van der Waals surface area contributed by atoms with Crippen LogP contribution in [0.1, 0.15) is 25.8 Å². The number of aliphatic hydroxyl groups excluding tert-OH is 1. The second-order valence-electron chi connectivity index (χ2n) is 6.02. The Kier molecular flexibility index (Phi) is 4.02. The maximum atomic E-state index is 9.57. The third-order valence-electron chi connectivity index (χ3n) is 4.24. The van der Waals surface area contributed by atoms with Crippen LogP contribution in [0.2, 0.25) is 0 Å². The molecule has 0 saturated carbocycles. The highest BCUT2D eigenvalue weighted by Crippen LogP contribution is 2.38. The van der Waals surface area contributed by atoms with Crippen molar-refractivity contribution >= 4 is 21.6 Å². The smallest absolute Gasteiger partial charge is 0.0510 e. The molecule has 1 aromatic rings. The van der Waals surface area contributed by atoms with Crippen LogP contribution in [0.25, 0.3) is 0 Å². The summed E-state index contributed by atoms with van der Waals surface area (Å²) >= 11 is 3.65. The van der Waals surface area contributed by atoms with Gasteiger partial charge in [-0.25, -0.2) is 0 Å². The maximum absolute atomic E-state index is 9.57. The quantitative estimate of drug-likeness (QED) is 0.902. The number of anilines is 1. The minimum Gasteiger partial charge on any atom is -0.396 e. The lowest BCUT2D eigenvalue weighted by atomic mass is 9.73. The first-order valence-corrected chi connectivity index (χ1v) is 7.35. The van der Waals surface area contributed by atoms with E-state index >= 15 is 0 Å². The molecule has 1 aromatic carbocycles. The van der Waals surface area contributed by atoms with Crippen molar-refractivity contribution in [2.45, 2.75) is 27.2 Å². The van der Waals surface area contributed by atoms with Crippen molar-refractivity contribution in [1.82, 2.24) is 0 Å². The van der Waals surface area contributed by atoms with Crippen molar-refractivity contribution in [1.29, 1.82) is 0 Å². The summed E-state index contributed by atoms with van der Waals surface area (Å²) in [6, 6.07) is 6.48. The van der Waals surface area contributed by atoms with E-state index in [0.717, 1.165) is 24.0 Å². The number of hydrogen-bond donors (Lipinski definition) is 1. The van der Waals surface area contributed by atoms with Crippen LogP contribution in [0.4, 0.5) is 5.69 Å². The standard InChI is InChI=1S/C15H22BrNO/c1-11-4-5-14(13(16)8-11)17-7-6-15(2,3)12(9-17)10-18/h4-5,8,12,18H,6-7,9-10H2,1-3H3. The molecule has 0 bridgehead atoms. The van der Waals surface area contributed by atoms with Crippen molar-refractivity contribution in [3.05, 3.63) is 28.2 Å². The fraction of sp³-hybridized carbons (Fsp3) is 0.600. The van der Waals surface area contributed by atoms with E-state index in [1.807, 2.05) is 0 Å². The van der Waals surface area contributed by atoms with Crippen LogP contribution in [-0.2, 0) is 0 Å². The predicted octanol–water partition coefficient (Wildman–Crippen LogP) is 3.60. The van der Waals surface area contributed by atoms with Gasteiger partial charge < -0.3 is 10.0 Å². The summed E-state index contributed by atoms with van der Waals surface area (Å²) in [5.74, 6) is 0.347. The van der Waals surface area contributed by atoms with Crippen molar-refractivity contribution in [2.24, 2.45) is 11.3 Å². The van der Waals surface area contributed by atoms with Gasteiger partial charge in [0.05, 0.1) is 5.69 Å². The Morgan fingerprint density at radius 1 is 1.44 bits per heavy atom. The zero-order chi connectivity index (χ0) is 13.3. The minimum absolute atomic E-state index is 0.239. The Balaban J connectivity index is 2.20. The van der Waals surface area contributed by atoms with Gasteiger partial charge >= 0.3 is 0 Å². The Bertz CT molecular complexity index is 431. The van der Waals surface area contributed by atoms with Crippen LogP contribution in [-0.4, -0.2) is 24.8 Å². The second kappa shape index (κ2) is 5.22. The van der Waals surface area contributed by atoms with E-state index in [2.05, 4.69) is 59.8 Å². The molecule has 2 rings (SSSR count). The average molecular weight is 312 g/mol. The van der Waals surface area contributed by atoms with E-state index in [1.54, 1.807) is 0 Å². The summed E-state index contributed by atoms with van der Waals surface area (Å²) < 4.78 is 1.15. The molecule has 2 nitrogen and oxygen atoms in total. The lowest BCUT2D eigenvalue weighted by Crippen LogP contribution is -2.46. The van der Waals surface area contributed by atoms with Gasteiger partial charge in [0.15, 0.2) is 0 Å². The van der Waals surface area contributed by atoms with Gasteiger partial charge in [-0.3, -0.25) is 0 Å². The largest absolute Gasteiger partial charge is 0.396 e. The molecule has 18 heavy (non-hydrogen) atoms. The molecule has 1 heterocycles. The highest BCUT2D eigenvalue weighted by molar-refractivity contribution is 9.10. The van der Waals surface area contributed by atoms with Crippen molar-refractivity contribution in [3.63, 3.8) is 0 Å². The van der Waals surface area contributed by atoms with Crippen LogP contribution in [0, 0.1) is 18.3 Å². The third kappa shape index (κ3) is 2.72. The fourth-order valence-electron chi connectivity index (χ4n) is 2.62. The zero-order valence-electron chi connectivity index (χ0n) is 11.4. The molecule has 0 amide bonds. The molecule has 0 aromatic heterocycles. The number of piperidine rings is 1. The van der Waals surface area contributed by atoms with Crippen LogP contribution in [0.3, 0.4) is 0 Å². The summed E-state index contributed by atoms with van der Waals surface area (Å²) in [5.41, 5.74) is 2.75. The molecule has 3 heteroatoms. The van der Waals surface area contributed by atoms with E-state index < -0.39 is 0 Å². The van der Waals surface area contributed by atoms with Crippen LogP contribution in [0.15, 0.2) is 22.7 Å². The van der Waals surface area contributed by atoms with Crippen LogP contribution >= 0.6 is 15.9 Å². The molecular weight excluding hydrogens is 290 g/mol. The van der Waals surface area contributed by atoms with Crippen LogP contribution < -0.4 is 4.90 Å². The van der Waals surface area contributed by atoms with E-state index in [9.17, 15) is 5.11 Å². The summed E-state index contributed by atoms with van der Waals surface area (Å²) in [6.07, 6.45) is 1.12. The molecule has 1 aliphatic rings. The monoisotopic (exact) mass is 311 g/mol. The molecule has 1 atom stereocenters. The van der Waals surface area contributed by atoms with Gasteiger partial charge in [-0.2, -0.15) is 0 Å². The molecule has 0 spiro atoms. The second-order valence-corrected chi connectivity index (χ2v) is 6.87. The zero-order valence-corrected chi connectivity index (χ0v) is 13.0. The Hall–Kier alpha value is -0.540. The van der Waals surface area contributed by atoms with Gasteiger partial charge in [-0.15, -0.1) is 0 Å². The van der Waals surface area contributed by atoms with E-state index in [4.69, 9.17) is 0 Å². The number of rotatable bonds is 2. The van der Waals surface area contributed by atoms with Crippen molar-refractivity contribution in [3.8, 4) is 0 Å². The number of halogens is 1. The normalized spacial score (nSPS) is 23.2. The molecule has 100 valence electrons. The summed E-state index contributed by atoms with van der Waals surface area (Å²) in [4.78, 5) is 2.38. The fourth-order valence-corrected chi connectivity index (χ4v) is 3.37. The molecular formula is C15H22BrNO. The Morgan fingerprint density at radius 3 is 2.78 bits per heavy atom. The molecule has 1 saturated heterocycles. The summed E-state index contributed by atoms with van der Waals surface area (Å²) in [6.45, 7) is 8.89. The predicted molar refractivity (Wildman–Crippen MR) is 80.1 cm³/mol. The minimum atomic E-state index is 0.239. The first kappa shape index (κ1) is 13.9. The molecule has 1 unspecified atom stereocenters. The number of nitrogens with zero attached hydrogens (tertiary/aromatic N) is 1. The van der Waals surface area contributed by atoms with Gasteiger partial charge in [0, 0.05) is 30.1 Å². The molecule has 0 radical (unpaired) electrons. The maximum Gasteiger partial charge on any atom is 0.0510 e. The molecule has 1 aliphatic heterocycles. The van der Waals surface area contributed by atoms with Gasteiger partial charge in [0.1, 0.15) is 0 Å². The van der Waals surface area contributed by atoms with Gasteiger partial charge in [-0.05, 0) is 52.4 Å². The van der Waals surface area contributed by atoms with E-state index in [1.165, 1.54) is 11.3 Å². The first-order chi connectivity index (χ1) is 8.44. The number of hydrogen-bond acceptors (Lipinski definition) is 2. The van der Waals surface area contributed by atoms with E-state index in [-0.39, 0.29) is 12.0 Å². The topological polar surface area (TPSA) is 23.5 Å². The van der Waals surface area contributed by atoms with Crippen LogP contribution in [0.5, 0.6) is 0 Å². The number of benzene rings is 1. The van der Waals surface area contributed by atoms with Crippen molar-refractivity contribution < 1.29 is 5.11 Å². The number of aliphatic hydroxyl groups is 1. The summed E-state index contributed by atoms with van der Waals surface area (Å²) in [5, 5.41) is 9.57. The number of aryl methyl sites for hydroxylation is 1. The SMILES string of the molecule is Cc1ccc(N2CCC(C)(C)C(CO)C2)c(Br)c1. The third-order valence-corrected chi connectivity index (χ3v) is 4.87. The first-order valence-electron chi connectivity index (χ1n) is 6.56. The van der Waals surface area contributed by atoms with Gasteiger partial charge in [-0.1, -0.05) is 19.9 Å². The van der Waals surface area contributed by atoms with Crippen molar-refractivity contribution in [2.75, 3.05) is 24.6 Å². The molecule has 1 N–H and O–H groups in total. The Labute approximate surface area is 118 Å². The average Bonchev–Trinajstić information content (AvgIpc) is 2.30. The highest BCUT2D eigenvalue weighted by Gasteiger charge is 2.35.